The lowest BCUT2D eigenvalue weighted by molar-refractivity contribution is -0.0642. The Morgan fingerprint density at radius 1 is 1.03 bits per heavy atom. The Kier molecular flexibility index (Phi) is 4.75. The molecule has 5 heterocycles. The summed E-state index contributed by atoms with van der Waals surface area (Å²) in [4.78, 5) is 18.5. The van der Waals surface area contributed by atoms with Crippen molar-refractivity contribution in [3.63, 3.8) is 0 Å². The van der Waals surface area contributed by atoms with E-state index in [2.05, 4.69) is 50.3 Å². The Morgan fingerprint density at radius 2 is 1.90 bits per heavy atom. The van der Waals surface area contributed by atoms with E-state index in [-0.39, 0.29) is 5.91 Å². The third-order valence-electron chi connectivity index (χ3n) is 7.75. The second-order valence-electron chi connectivity index (χ2n) is 9.51. The lowest BCUT2D eigenvalue weighted by Gasteiger charge is -2.57. The van der Waals surface area contributed by atoms with Gasteiger partial charge in [0.1, 0.15) is 6.33 Å². The van der Waals surface area contributed by atoms with Crippen LogP contribution in [0.3, 0.4) is 0 Å². The molecule has 6 heteroatoms. The van der Waals surface area contributed by atoms with Crippen LogP contribution in [0.25, 0.3) is 5.65 Å². The van der Waals surface area contributed by atoms with Gasteiger partial charge in [0.25, 0.3) is 5.91 Å². The van der Waals surface area contributed by atoms with Gasteiger partial charge < -0.3 is 4.90 Å². The summed E-state index contributed by atoms with van der Waals surface area (Å²) in [5.74, 6) is 1.21. The molecule has 3 aliphatic heterocycles. The molecule has 0 radical (unpaired) electrons. The van der Waals surface area contributed by atoms with Crippen molar-refractivity contribution in [2.24, 2.45) is 11.8 Å². The van der Waals surface area contributed by atoms with Crippen LogP contribution in [0, 0.1) is 11.8 Å². The van der Waals surface area contributed by atoms with Gasteiger partial charge in [-0.1, -0.05) is 36.8 Å². The Hall–Kier alpha value is -2.73. The molecule has 3 aliphatic rings. The number of benzene rings is 1. The molecule has 0 saturated carbocycles. The second-order valence-corrected chi connectivity index (χ2v) is 9.51. The number of rotatable bonds is 3. The van der Waals surface area contributed by atoms with E-state index in [1.165, 1.54) is 37.8 Å². The van der Waals surface area contributed by atoms with Crippen LogP contribution >= 0.6 is 0 Å². The highest BCUT2D eigenvalue weighted by atomic mass is 16.2. The molecule has 160 valence electrons. The Morgan fingerprint density at radius 3 is 2.81 bits per heavy atom. The van der Waals surface area contributed by atoms with E-state index in [0.29, 0.717) is 35.1 Å². The lowest BCUT2D eigenvalue weighted by Crippen LogP contribution is -2.64. The van der Waals surface area contributed by atoms with Crippen LogP contribution in [0.5, 0.6) is 0 Å². The number of nitrogens with zero attached hydrogens (tertiary/aromatic N) is 5. The van der Waals surface area contributed by atoms with Gasteiger partial charge in [-0.3, -0.25) is 14.1 Å². The van der Waals surface area contributed by atoms with Gasteiger partial charge >= 0.3 is 0 Å². The van der Waals surface area contributed by atoms with Gasteiger partial charge in [-0.15, -0.1) is 10.2 Å². The van der Waals surface area contributed by atoms with E-state index in [1.807, 2.05) is 22.7 Å². The number of hydrogen-bond donors (Lipinski definition) is 0. The van der Waals surface area contributed by atoms with Gasteiger partial charge in [0, 0.05) is 31.4 Å². The molecule has 3 saturated heterocycles. The number of fused-ring (bicyclic) bond motifs is 5. The second kappa shape index (κ2) is 7.75. The highest BCUT2D eigenvalue weighted by Crippen LogP contribution is 2.42. The highest BCUT2D eigenvalue weighted by Gasteiger charge is 2.47. The smallest absolute Gasteiger partial charge is 0.257 e. The molecule has 1 amide bonds. The number of piperidine rings is 3. The number of likely N-dealkylation sites (tertiary alicyclic amines) is 1. The first-order valence-electron chi connectivity index (χ1n) is 11.7. The van der Waals surface area contributed by atoms with Crippen LogP contribution in [0.2, 0.25) is 0 Å². The zero-order valence-corrected chi connectivity index (χ0v) is 17.8. The maximum atomic E-state index is 13.6. The first-order chi connectivity index (χ1) is 15.3. The fourth-order valence-corrected chi connectivity index (χ4v) is 6.40. The molecular formula is C25H29N5O. The molecule has 1 aromatic carbocycles. The third kappa shape index (κ3) is 3.33. The van der Waals surface area contributed by atoms with Gasteiger partial charge in [0.2, 0.25) is 0 Å². The van der Waals surface area contributed by atoms with E-state index < -0.39 is 0 Å². The van der Waals surface area contributed by atoms with Gasteiger partial charge in [-0.25, -0.2) is 0 Å². The highest BCUT2D eigenvalue weighted by molar-refractivity contribution is 5.99. The number of carbonyl (C=O) groups excluding carboxylic acids is 1. The topological polar surface area (TPSA) is 53.7 Å². The maximum absolute atomic E-state index is 13.6. The van der Waals surface area contributed by atoms with Crippen LogP contribution in [0.15, 0.2) is 55.0 Å². The molecule has 4 atom stereocenters. The van der Waals surface area contributed by atoms with Crippen molar-refractivity contribution in [1.29, 1.82) is 0 Å². The van der Waals surface area contributed by atoms with Crippen LogP contribution in [0.4, 0.5) is 0 Å². The molecule has 6 rings (SSSR count). The Bertz CT molecular complexity index is 1080. The van der Waals surface area contributed by atoms with E-state index in [9.17, 15) is 4.79 Å². The molecule has 31 heavy (non-hydrogen) atoms. The summed E-state index contributed by atoms with van der Waals surface area (Å²) in [6.45, 7) is 2.91. The Labute approximate surface area is 182 Å². The minimum absolute atomic E-state index is 0.107. The number of hydrogen-bond acceptors (Lipinski definition) is 4. The monoisotopic (exact) mass is 415 g/mol. The van der Waals surface area contributed by atoms with Crippen molar-refractivity contribution in [3.8, 4) is 0 Å². The van der Waals surface area contributed by atoms with Gasteiger partial charge in [-0.05, 0) is 61.8 Å². The molecule has 0 spiro atoms. The largest absolute Gasteiger partial charge is 0.338 e. The van der Waals surface area contributed by atoms with E-state index >= 15 is 0 Å². The van der Waals surface area contributed by atoms with Crippen molar-refractivity contribution in [2.45, 2.75) is 44.2 Å². The lowest BCUT2D eigenvalue weighted by atomic mass is 9.71. The molecule has 0 N–H and O–H groups in total. The van der Waals surface area contributed by atoms with E-state index in [1.54, 1.807) is 6.33 Å². The molecule has 3 fully saturated rings. The third-order valence-corrected chi connectivity index (χ3v) is 7.75. The van der Waals surface area contributed by atoms with E-state index in [0.717, 1.165) is 19.5 Å². The maximum Gasteiger partial charge on any atom is 0.257 e. The molecular weight excluding hydrogens is 386 g/mol. The van der Waals surface area contributed by atoms with Crippen LogP contribution in [-0.2, 0) is 6.42 Å². The average molecular weight is 416 g/mol. The summed E-state index contributed by atoms with van der Waals surface area (Å²) in [6, 6.07) is 15.8. The van der Waals surface area contributed by atoms with Crippen molar-refractivity contribution in [2.75, 3.05) is 19.6 Å². The van der Waals surface area contributed by atoms with Gasteiger partial charge in [0.05, 0.1) is 5.56 Å². The van der Waals surface area contributed by atoms with Crippen molar-refractivity contribution in [1.82, 2.24) is 24.4 Å². The van der Waals surface area contributed by atoms with Crippen LogP contribution in [0.1, 0.15) is 41.6 Å². The minimum Gasteiger partial charge on any atom is -0.338 e. The average Bonchev–Trinajstić information content (AvgIpc) is 3.31. The first-order valence-corrected chi connectivity index (χ1v) is 11.7. The zero-order valence-electron chi connectivity index (χ0n) is 17.8. The SMILES string of the molecule is O=C(c1cccn2cnnc12)N1C[C@H]2C[C@@H](C1)[C@H](Cc1ccccc1)N1CCCC[C@@H]21. The predicted octanol–water partition coefficient (Wildman–Crippen LogP) is 3.29. The number of aromatic nitrogens is 3. The van der Waals surface area contributed by atoms with Crippen LogP contribution < -0.4 is 0 Å². The normalized spacial score (nSPS) is 28.5. The van der Waals surface area contributed by atoms with Crippen LogP contribution in [-0.4, -0.2) is 62.0 Å². The summed E-state index contributed by atoms with van der Waals surface area (Å²) in [5.41, 5.74) is 2.73. The number of amides is 1. The standard InChI is InChI=1S/C25H29N5O/c31-25(21-9-6-11-28-17-26-27-24(21)28)29-15-19-14-20(16-29)23(13-18-7-2-1-3-8-18)30-12-5-4-10-22(19)30/h1-3,6-9,11,17,19-20,22-23H,4-5,10,12-16H2/t19-,20+,22+,23+/m1/s1. The molecule has 0 unspecified atom stereocenters. The summed E-state index contributed by atoms with van der Waals surface area (Å²) < 4.78 is 1.83. The van der Waals surface area contributed by atoms with Crippen molar-refractivity contribution < 1.29 is 4.79 Å². The molecule has 2 bridgehead atoms. The quantitative estimate of drug-likeness (QED) is 0.659. The van der Waals surface area contributed by atoms with Crippen molar-refractivity contribution >= 4 is 11.6 Å². The molecule has 6 nitrogen and oxygen atoms in total. The Balaban J connectivity index is 1.31. The summed E-state index contributed by atoms with van der Waals surface area (Å²) in [5, 5.41) is 8.20. The van der Waals surface area contributed by atoms with Gasteiger partial charge in [0.15, 0.2) is 5.65 Å². The van der Waals surface area contributed by atoms with E-state index in [4.69, 9.17) is 0 Å². The zero-order chi connectivity index (χ0) is 20.8. The first kappa shape index (κ1) is 19.0. The fourth-order valence-electron chi connectivity index (χ4n) is 6.40. The molecule has 2 aromatic heterocycles. The number of carbonyl (C=O) groups is 1. The number of pyridine rings is 1. The minimum atomic E-state index is 0.107. The predicted molar refractivity (Wildman–Crippen MR) is 119 cm³/mol. The summed E-state index contributed by atoms with van der Waals surface area (Å²) in [6.07, 6.45) is 9.77. The molecule has 3 aromatic rings. The summed E-state index contributed by atoms with van der Waals surface area (Å²) in [7, 11) is 0. The van der Waals surface area contributed by atoms with Crippen molar-refractivity contribution in [3.05, 3.63) is 66.1 Å². The fraction of sp³-hybridized carbons (Fsp3) is 0.480. The molecule has 0 aliphatic carbocycles. The van der Waals surface area contributed by atoms with Gasteiger partial charge in [-0.2, -0.15) is 0 Å². The summed E-state index contributed by atoms with van der Waals surface area (Å²) >= 11 is 0.